The Hall–Kier alpha value is -0.940. The lowest BCUT2D eigenvalue weighted by Gasteiger charge is -2.01. The number of halogens is 1. The van der Waals surface area contributed by atoms with Crippen LogP contribution < -0.4 is 4.74 Å². The summed E-state index contributed by atoms with van der Waals surface area (Å²) < 4.78 is 5.14. The van der Waals surface area contributed by atoms with Gasteiger partial charge in [0, 0.05) is 6.42 Å². The topological polar surface area (TPSA) is 35.0 Å². The van der Waals surface area contributed by atoms with E-state index in [4.69, 9.17) is 4.74 Å². The van der Waals surface area contributed by atoms with Crippen LogP contribution in [0.1, 0.15) is 33.8 Å². The second-order valence-corrected chi connectivity index (χ2v) is 6.13. The summed E-state index contributed by atoms with van der Waals surface area (Å²) in [7, 11) is 1.67. The largest absolute Gasteiger partial charge is 0.497 e. The highest BCUT2D eigenvalue weighted by Crippen LogP contribution is 2.29. The molecule has 2 aromatic rings. The van der Waals surface area contributed by atoms with Crippen LogP contribution >= 0.6 is 27.3 Å². The van der Waals surface area contributed by atoms with Gasteiger partial charge in [-0.15, -0.1) is 10.2 Å². The lowest BCUT2D eigenvalue weighted by molar-refractivity contribution is 0.414. The number of ether oxygens (including phenoxy) is 1. The number of hydrogen-bond donors (Lipinski definition) is 0. The molecule has 0 bridgehead atoms. The maximum atomic E-state index is 5.14. The molecule has 5 heteroatoms. The van der Waals surface area contributed by atoms with Crippen molar-refractivity contribution in [3.05, 3.63) is 39.8 Å². The summed E-state index contributed by atoms with van der Waals surface area (Å²) in [5, 5.41) is 10.5. The van der Waals surface area contributed by atoms with E-state index in [1.807, 2.05) is 12.1 Å². The fraction of sp³-hybridized carbons (Fsp3) is 0.385. The van der Waals surface area contributed by atoms with E-state index in [0.29, 0.717) is 4.83 Å². The Labute approximate surface area is 119 Å². The standard InChI is InChI=1S/C13H15BrN2OS/c1-3-11(14)13-16-15-12(18-13)8-9-4-6-10(17-2)7-5-9/h4-7,11H,3,8H2,1-2H3. The lowest BCUT2D eigenvalue weighted by atomic mass is 10.1. The molecule has 0 spiro atoms. The number of methoxy groups -OCH3 is 1. The van der Waals surface area contributed by atoms with Crippen LogP contribution in [0.5, 0.6) is 5.75 Å². The summed E-state index contributed by atoms with van der Waals surface area (Å²) in [5.74, 6) is 0.878. The molecule has 18 heavy (non-hydrogen) atoms. The molecule has 3 nitrogen and oxygen atoms in total. The number of aromatic nitrogens is 2. The van der Waals surface area contributed by atoms with E-state index in [-0.39, 0.29) is 0 Å². The monoisotopic (exact) mass is 326 g/mol. The first kappa shape index (κ1) is 13.5. The molecule has 0 saturated heterocycles. The van der Waals surface area contributed by atoms with Gasteiger partial charge in [0.15, 0.2) is 0 Å². The van der Waals surface area contributed by atoms with Crippen molar-refractivity contribution in [2.75, 3.05) is 7.11 Å². The summed E-state index contributed by atoms with van der Waals surface area (Å²) >= 11 is 5.26. The first-order chi connectivity index (χ1) is 8.72. The Morgan fingerprint density at radius 2 is 2.00 bits per heavy atom. The molecule has 1 unspecified atom stereocenters. The predicted octanol–water partition coefficient (Wildman–Crippen LogP) is 3.98. The van der Waals surface area contributed by atoms with Gasteiger partial charge in [0.25, 0.3) is 0 Å². The van der Waals surface area contributed by atoms with Crippen molar-refractivity contribution >= 4 is 27.3 Å². The van der Waals surface area contributed by atoms with E-state index >= 15 is 0 Å². The van der Waals surface area contributed by atoms with Gasteiger partial charge in [0.05, 0.1) is 11.9 Å². The molecule has 1 aromatic heterocycles. The summed E-state index contributed by atoms with van der Waals surface area (Å²) in [6.45, 7) is 2.13. The maximum Gasteiger partial charge on any atom is 0.131 e. The van der Waals surface area contributed by atoms with Gasteiger partial charge in [-0.05, 0) is 24.1 Å². The average molecular weight is 327 g/mol. The number of nitrogens with zero attached hydrogens (tertiary/aromatic N) is 2. The summed E-state index contributed by atoms with van der Waals surface area (Å²) in [5.41, 5.74) is 1.22. The van der Waals surface area contributed by atoms with Crippen molar-refractivity contribution in [1.29, 1.82) is 0 Å². The molecule has 0 fully saturated rings. The number of rotatable bonds is 5. The van der Waals surface area contributed by atoms with E-state index in [0.717, 1.165) is 28.6 Å². The summed E-state index contributed by atoms with van der Waals surface area (Å²) in [6.07, 6.45) is 1.85. The van der Waals surface area contributed by atoms with Crippen LogP contribution in [0.25, 0.3) is 0 Å². The van der Waals surface area contributed by atoms with E-state index in [1.165, 1.54) is 5.56 Å². The minimum Gasteiger partial charge on any atom is -0.497 e. The fourth-order valence-electron chi connectivity index (χ4n) is 1.56. The zero-order valence-electron chi connectivity index (χ0n) is 10.4. The molecule has 0 N–H and O–H groups in total. The minimum absolute atomic E-state index is 0.319. The van der Waals surface area contributed by atoms with Crippen LogP contribution in [0.15, 0.2) is 24.3 Å². The average Bonchev–Trinajstić information content (AvgIpc) is 2.87. The van der Waals surface area contributed by atoms with Gasteiger partial charge in [0.2, 0.25) is 0 Å². The van der Waals surface area contributed by atoms with Crippen LogP contribution in [0, 0.1) is 0 Å². The molecule has 0 aliphatic heterocycles. The molecule has 2 rings (SSSR count). The Bertz CT molecular complexity index is 498. The van der Waals surface area contributed by atoms with E-state index < -0.39 is 0 Å². The van der Waals surface area contributed by atoms with Gasteiger partial charge in [0.1, 0.15) is 15.8 Å². The predicted molar refractivity (Wildman–Crippen MR) is 77.7 cm³/mol. The molecule has 0 aliphatic carbocycles. The first-order valence-corrected chi connectivity index (χ1v) is 7.55. The third-order valence-electron chi connectivity index (χ3n) is 2.62. The molecular formula is C13H15BrN2OS. The Balaban J connectivity index is 2.06. The summed E-state index contributed by atoms with van der Waals surface area (Å²) in [6, 6.07) is 8.06. The number of benzene rings is 1. The zero-order chi connectivity index (χ0) is 13.0. The third kappa shape index (κ3) is 3.29. The second-order valence-electron chi connectivity index (χ2n) is 3.93. The van der Waals surface area contributed by atoms with Gasteiger partial charge in [-0.1, -0.05) is 46.3 Å². The Morgan fingerprint density at radius 3 is 2.61 bits per heavy atom. The molecule has 1 aromatic carbocycles. The van der Waals surface area contributed by atoms with Crippen LogP contribution in [-0.4, -0.2) is 17.3 Å². The van der Waals surface area contributed by atoms with Crippen LogP contribution in [0.4, 0.5) is 0 Å². The van der Waals surface area contributed by atoms with E-state index in [1.54, 1.807) is 18.4 Å². The number of hydrogen-bond acceptors (Lipinski definition) is 4. The van der Waals surface area contributed by atoms with Crippen molar-refractivity contribution in [1.82, 2.24) is 10.2 Å². The highest BCUT2D eigenvalue weighted by Gasteiger charge is 2.11. The molecule has 0 amide bonds. The lowest BCUT2D eigenvalue weighted by Crippen LogP contribution is -1.88. The van der Waals surface area contributed by atoms with E-state index in [2.05, 4.69) is 45.2 Å². The minimum atomic E-state index is 0.319. The smallest absolute Gasteiger partial charge is 0.131 e. The van der Waals surface area contributed by atoms with Crippen molar-refractivity contribution in [2.45, 2.75) is 24.6 Å². The quantitative estimate of drug-likeness (QED) is 0.779. The molecule has 0 radical (unpaired) electrons. The molecule has 0 aliphatic rings. The third-order valence-corrected chi connectivity index (χ3v) is 5.04. The maximum absolute atomic E-state index is 5.14. The molecule has 1 atom stereocenters. The van der Waals surface area contributed by atoms with Gasteiger partial charge in [-0.25, -0.2) is 0 Å². The van der Waals surface area contributed by atoms with Crippen LogP contribution in [0.2, 0.25) is 0 Å². The number of alkyl halides is 1. The SMILES string of the molecule is CCC(Br)c1nnc(Cc2ccc(OC)cc2)s1. The van der Waals surface area contributed by atoms with Crippen molar-refractivity contribution in [3.8, 4) is 5.75 Å². The highest BCUT2D eigenvalue weighted by molar-refractivity contribution is 9.09. The van der Waals surface area contributed by atoms with Gasteiger partial charge in [-0.3, -0.25) is 0 Å². The van der Waals surface area contributed by atoms with Crippen LogP contribution in [0.3, 0.4) is 0 Å². The van der Waals surface area contributed by atoms with Gasteiger partial charge in [-0.2, -0.15) is 0 Å². The normalized spacial score (nSPS) is 12.4. The van der Waals surface area contributed by atoms with Crippen molar-refractivity contribution < 1.29 is 4.74 Å². The zero-order valence-corrected chi connectivity index (χ0v) is 12.8. The Morgan fingerprint density at radius 1 is 1.28 bits per heavy atom. The van der Waals surface area contributed by atoms with E-state index in [9.17, 15) is 0 Å². The Kier molecular flexibility index (Phi) is 4.72. The molecular weight excluding hydrogens is 312 g/mol. The molecule has 1 heterocycles. The van der Waals surface area contributed by atoms with Crippen LogP contribution in [-0.2, 0) is 6.42 Å². The first-order valence-electron chi connectivity index (χ1n) is 5.82. The van der Waals surface area contributed by atoms with Crippen molar-refractivity contribution in [3.63, 3.8) is 0 Å². The summed E-state index contributed by atoms with van der Waals surface area (Å²) in [4.78, 5) is 0.319. The molecule has 0 saturated carbocycles. The van der Waals surface area contributed by atoms with Gasteiger partial charge >= 0.3 is 0 Å². The van der Waals surface area contributed by atoms with Gasteiger partial charge < -0.3 is 4.74 Å². The molecule has 96 valence electrons. The second kappa shape index (κ2) is 6.29. The van der Waals surface area contributed by atoms with Crippen molar-refractivity contribution in [2.24, 2.45) is 0 Å². The highest BCUT2D eigenvalue weighted by atomic mass is 79.9. The fourth-order valence-corrected chi connectivity index (χ4v) is 2.87.